The molecule has 0 aliphatic heterocycles. The van der Waals surface area contributed by atoms with E-state index in [1.54, 1.807) is 6.92 Å². The van der Waals surface area contributed by atoms with Crippen molar-refractivity contribution >= 4 is 12.3 Å². The number of benzene rings is 1. The van der Waals surface area contributed by atoms with E-state index in [0.717, 1.165) is 11.8 Å². The molecule has 1 atom stereocenters. The van der Waals surface area contributed by atoms with Gasteiger partial charge in [-0.25, -0.2) is 0 Å². The maximum atomic E-state index is 11.6. The normalized spacial score (nSPS) is 11.8. The van der Waals surface area contributed by atoms with E-state index in [-0.39, 0.29) is 18.3 Å². The van der Waals surface area contributed by atoms with Crippen LogP contribution in [0.1, 0.15) is 18.9 Å². The zero-order chi connectivity index (χ0) is 11.8. The molecule has 0 amide bonds. The Morgan fingerprint density at radius 2 is 2.06 bits per heavy atom. The summed E-state index contributed by atoms with van der Waals surface area (Å²) in [7, 11) is 0. The van der Waals surface area contributed by atoms with Crippen LogP contribution in [0.15, 0.2) is 30.3 Å². The Bertz CT molecular complexity index is 332. The summed E-state index contributed by atoms with van der Waals surface area (Å²) >= 11 is 0. The van der Waals surface area contributed by atoms with Gasteiger partial charge in [-0.15, -0.1) is 0 Å². The van der Waals surface area contributed by atoms with Crippen LogP contribution in [-0.2, 0) is 20.7 Å². The topological polar surface area (TPSA) is 43.4 Å². The van der Waals surface area contributed by atoms with Crippen LogP contribution < -0.4 is 0 Å². The number of carbonyl (C=O) groups excluding carboxylic acids is 2. The monoisotopic (exact) mass is 220 g/mol. The second-order valence-electron chi connectivity index (χ2n) is 3.54. The van der Waals surface area contributed by atoms with Crippen molar-refractivity contribution in [3.05, 3.63) is 35.9 Å². The summed E-state index contributed by atoms with van der Waals surface area (Å²) in [5.74, 6) is -0.654. The molecule has 1 rings (SSSR count). The van der Waals surface area contributed by atoms with Gasteiger partial charge in [0.2, 0.25) is 0 Å². The molecule has 0 aromatic heterocycles. The van der Waals surface area contributed by atoms with E-state index >= 15 is 0 Å². The van der Waals surface area contributed by atoms with E-state index in [2.05, 4.69) is 0 Å². The minimum atomic E-state index is -0.361. The molecular formula is C13H16O3. The number of rotatable bonds is 6. The Morgan fingerprint density at radius 3 is 2.62 bits per heavy atom. The molecule has 1 aromatic carbocycles. The molecular weight excluding hydrogens is 204 g/mol. The van der Waals surface area contributed by atoms with Crippen LogP contribution in [0.4, 0.5) is 0 Å². The fourth-order valence-corrected chi connectivity index (χ4v) is 1.54. The largest absolute Gasteiger partial charge is 0.466 e. The highest BCUT2D eigenvalue weighted by atomic mass is 16.5. The molecule has 0 saturated heterocycles. The van der Waals surface area contributed by atoms with Crippen LogP contribution in [0.3, 0.4) is 0 Å². The van der Waals surface area contributed by atoms with Gasteiger partial charge in [0.05, 0.1) is 12.5 Å². The minimum absolute atomic E-state index is 0.216. The molecule has 0 radical (unpaired) electrons. The number of hydrogen-bond donors (Lipinski definition) is 0. The molecule has 0 heterocycles. The van der Waals surface area contributed by atoms with E-state index in [4.69, 9.17) is 4.74 Å². The van der Waals surface area contributed by atoms with Crippen molar-refractivity contribution in [2.24, 2.45) is 5.92 Å². The van der Waals surface area contributed by atoms with Crippen molar-refractivity contribution in [1.82, 2.24) is 0 Å². The molecule has 16 heavy (non-hydrogen) atoms. The van der Waals surface area contributed by atoms with Crippen molar-refractivity contribution in [3.63, 3.8) is 0 Å². The molecule has 0 aliphatic carbocycles. The third-order valence-electron chi connectivity index (χ3n) is 2.33. The average molecular weight is 220 g/mol. The van der Waals surface area contributed by atoms with Gasteiger partial charge in [-0.05, 0) is 18.9 Å². The number of aldehydes is 1. The molecule has 0 bridgehead atoms. The molecule has 0 unspecified atom stereocenters. The lowest BCUT2D eigenvalue weighted by Gasteiger charge is -2.12. The molecule has 3 heteroatoms. The number of esters is 1. The van der Waals surface area contributed by atoms with Crippen molar-refractivity contribution in [1.29, 1.82) is 0 Å². The molecule has 0 saturated carbocycles. The summed E-state index contributed by atoms with van der Waals surface area (Å²) in [5, 5.41) is 0. The van der Waals surface area contributed by atoms with Gasteiger partial charge in [0.1, 0.15) is 6.29 Å². The third kappa shape index (κ3) is 3.85. The van der Waals surface area contributed by atoms with Crippen molar-refractivity contribution in [2.45, 2.75) is 19.8 Å². The number of hydrogen-bond acceptors (Lipinski definition) is 3. The third-order valence-corrected chi connectivity index (χ3v) is 2.33. The molecule has 86 valence electrons. The first-order chi connectivity index (χ1) is 7.77. The van der Waals surface area contributed by atoms with Crippen LogP contribution in [0.5, 0.6) is 0 Å². The Balaban J connectivity index is 2.64. The van der Waals surface area contributed by atoms with E-state index in [0.29, 0.717) is 13.0 Å². The standard InChI is InChI=1S/C13H16O3/c1-2-16-13(15)12(8-9-14)10-11-6-4-3-5-7-11/h3-7,9,12H,2,8,10H2,1H3/t12-/m1/s1. The van der Waals surface area contributed by atoms with Crippen LogP contribution in [0.2, 0.25) is 0 Å². The van der Waals surface area contributed by atoms with Crippen LogP contribution in [0, 0.1) is 5.92 Å². The lowest BCUT2D eigenvalue weighted by molar-refractivity contribution is -0.148. The van der Waals surface area contributed by atoms with Crippen molar-refractivity contribution in [3.8, 4) is 0 Å². The fourth-order valence-electron chi connectivity index (χ4n) is 1.54. The van der Waals surface area contributed by atoms with E-state index in [1.165, 1.54) is 0 Å². The molecule has 0 spiro atoms. The van der Waals surface area contributed by atoms with Gasteiger partial charge in [-0.3, -0.25) is 4.79 Å². The second kappa shape index (κ2) is 6.77. The smallest absolute Gasteiger partial charge is 0.309 e. The first kappa shape index (κ1) is 12.4. The summed E-state index contributed by atoms with van der Waals surface area (Å²) < 4.78 is 4.93. The van der Waals surface area contributed by atoms with Gasteiger partial charge in [0.15, 0.2) is 0 Å². The van der Waals surface area contributed by atoms with E-state index < -0.39 is 0 Å². The fraction of sp³-hybridized carbons (Fsp3) is 0.385. The minimum Gasteiger partial charge on any atom is -0.466 e. The van der Waals surface area contributed by atoms with Gasteiger partial charge in [0, 0.05) is 6.42 Å². The molecule has 0 fully saturated rings. The van der Waals surface area contributed by atoms with Crippen molar-refractivity contribution < 1.29 is 14.3 Å². The van der Waals surface area contributed by atoms with Crippen molar-refractivity contribution in [2.75, 3.05) is 6.61 Å². The zero-order valence-electron chi connectivity index (χ0n) is 9.39. The van der Waals surface area contributed by atoms with Gasteiger partial charge in [0.25, 0.3) is 0 Å². The van der Waals surface area contributed by atoms with Gasteiger partial charge in [-0.1, -0.05) is 30.3 Å². The van der Waals surface area contributed by atoms with Crippen LogP contribution in [-0.4, -0.2) is 18.9 Å². The van der Waals surface area contributed by atoms with E-state index in [1.807, 2.05) is 30.3 Å². The maximum absolute atomic E-state index is 11.6. The second-order valence-corrected chi connectivity index (χ2v) is 3.54. The average Bonchev–Trinajstić information content (AvgIpc) is 2.30. The highest BCUT2D eigenvalue weighted by Gasteiger charge is 2.19. The Hall–Kier alpha value is -1.64. The SMILES string of the molecule is CCOC(=O)[C@H](CC=O)Cc1ccccc1. The molecule has 3 nitrogen and oxygen atoms in total. The first-order valence-corrected chi connectivity index (χ1v) is 5.42. The summed E-state index contributed by atoms with van der Waals surface area (Å²) in [6.45, 7) is 2.11. The summed E-state index contributed by atoms with van der Waals surface area (Å²) in [4.78, 5) is 22.1. The summed E-state index contributed by atoms with van der Waals surface area (Å²) in [6.07, 6.45) is 1.54. The van der Waals surface area contributed by atoms with E-state index in [9.17, 15) is 9.59 Å². The predicted octanol–water partition coefficient (Wildman–Crippen LogP) is 2.00. The quantitative estimate of drug-likeness (QED) is 0.544. The molecule has 1 aromatic rings. The highest BCUT2D eigenvalue weighted by molar-refractivity contribution is 5.75. The Labute approximate surface area is 95.4 Å². The molecule has 0 aliphatic rings. The van der Waals surface area contributed by atoms with Gasteiger partial charge in [-0.2, -0.15) is 0 Å². The molecule has 0 N–H and O–H groups in total. The summed E-state index contributed by atoms with van der Waals surface area (Å²) in [5.41, 5.74) is 1.04. The number of ether oxygens (including phenoxy) is 1. The first-order valence-electron chi connectivity index (χ1n) is 5.42. The highest BCUT2D eigenvalue weighted by Crippen LogP contribution is 2.13. The van der Waals surface area contributed by atoms with Crippen LogP contribution in [0.25, 0.3) is 0 Å². The van der Waals surface area contributed by atoms with Crippen LogP contribution >= 0.6 is 0 Å². The van der Waals surface area contributed by atoms with Gasteiger partial charge >= 0.3 is 5.97 Å². The maximum Gasteiger partial charge on any atom is 0.309 e. The lowest BCUT2D eigenvalue weighted by atomic mass is 9.97. The Kier molecular flexibility index (Phi) is 5.26. The number of carbonyl (C=O) groups is 2. The Morgan fingerprint density at radius 1 is 1.38 bits per heavy atom. The van der Waals surface area contributed by atoms with Gasteiger partial charge < -0.3 is 9.53 Å². The lowest BCUT2D eigenvalue weighted by Crippen LogP contribution is -2.20. The predicted molar refractivity (Wildman–Crippen MR) is 61.0 cm³/mol. The zero-order valence-corrected chi connectivity index (χ0v) is 9.39. The summed E-state index contributed by atoms with van der Waals surface area (Å²) in [6, 6.07) is 9.63.